The summed E-state index contributed by atoms with van der Waals surface area (Å²) >= 11 is 0. The fourth-order valence-corrected chi connectivity index (χ4v) is 3.13. The van der Waals surface area contributed by atoms with E-state index in [0.717, 1.165) is 0 Å². The smallest absolute Gasteiger partial charge is 0.252 e. The van der Waals surface area contributed by atoms with Crippen molar-refractivity contribution in [2.24, 2.45) is 10.9 Å². The van der Waals surface area contributed by atoms with Gasteiger partial charge in [-0.2, -0.15) is 0 Å². The number of hydrogen-bond acceptors (Lipinski definition) is 5. The highest BCUT2D eigenvalue weighted by Gasteiger charge is 2.56. The van der Waals surface area contributed by atoms with Gasteiger partial charge in [-0.15, -0.1) is 0 Å². The average Bonchev–Trinajstić information content (AvgIpc) is 2.89. The van der Waals surface area contributed by atoms with Gasteiger partial charge < -0.3 is 15.7 Å². The Hall–Kier alpha value is -1.47. The van der Waals surface area contributed by atoms with E-state index in [1.165, 1.54) is 0 Å². The van der Waals surface area contributed by atoms with Crippen LogP contribution in [0.25, 0.3) is 0 Å². The van der Waals surface area contributed by atoms with Crippen molar-refractivity contribution < 1.29 is 14.7 Å². The lowest BCUT2D eigenvalue weighted by Gasteiger charge is -2.42. The van der Waals surface area contributed by atoms with Gasteiger partial charge in [0.15, 0.2) is 6.04 Å². The summed E-state index contributed by atoms with van der Waals surface area (Å²) in [6.07, 6.45) is -0.126. The summed E-state index contributed by atoms with van der Waals surface area (Å²) in [4.78, 5) is 29.7. The summed E-state index contributed by atoms with van der Waals surface area (Å²) in [7, 11) is 1.92. The van der Waals surface area contributed by atoms with Crippen molar-refractivity contribution in [2.75, 3.05) is 20.1 Å². The first kappa shape index (κ1) is 12.6. The van der Waals surface area contributed by atoms with Crippen LogP contribution in [-0.4, -0.2) is 65.5 Å². The van der Waals surface area contributed by atoms with Crippen molar-refractivity contribution >= 4 is 17.6 Å². The van der Waals surface area contributed by atoms with Crippen molar-refractivity contribution in [2.45, 2.75) is 31.0 Å². The number of rotatable bonds is 2. The largest absolute Gasteiger partial charge is 0.391 e. The fraction of sp³-hybridized carbons (Fsp3) is 0.750. The quantitative estimate of drug-likeness (QED) is 0.508. The molecule has 3 aliphatic rings. The van der Waals surface area contributed by atoms with Gasteiger partial charge in [-0.25, -0.2) is 0 Å². The molecular weight excluding hydrogens is 248 g/mol. The highest BCUT2D eigenvalue weighted by molar-refractivity contribution is 6.07. The first-order valence-corrected chi connectivity index (χ1v) is 6.50. The molecule has 3 heterocycles. The van der Waals surface area contributed by atoms with Crippen LogP contribution in [0.2, 0.25) is 0 Å². The Morgan fingerprint density at radius 3 is 2.68 bits per heavy atom. The molecule has 2 fully saturated rings. The van der Waals surface area contributed by atoms with E-state index in [9.17, 15) is 14.7 Å². The first-order chi connectivity index (χ1) is 8.94. The molecule has 3 rings (SSSR count). The molecule has 7 heteroatoms. The van der Waals surface area contributed by atoms with E-state index < -0.39 is 17.7 Å². The predicted molar refractivity (Wildman–Crippen MR) is 67.5 cm³/mol. The zero-order chi connectivity index (χ0) is 13.8. The Morgan fingerprint density at radius 2 is 2.26 bits per heavy atom. The number of hydrogen-bond donors (Lipinski definition) is 3. The topological polar surface area (TPSA) is 94.0 Å². The number of likely N-dealkylation sites (N-methyl/N-ethyl adjacent to an activating group) is 1. The normalized spacial score (nSPS) is 39.8. The van der Waals surface area contributed by atoms with Gasteiger partial charge in [0.1, 0.15) is 11.4 Å². The molecule has 4 atom stereocenters. The van der Waals surface area contributed by atoms with Crippen LogP contribution < -0.4 is 10.6 Å². The number of aliphatic hydroxyl groups is 1. The van der Waals surface area contributed by atoms with Crippen molar-refractivity contribution in [3.63, 3.8) is 0 Å². The molecule has 3 N–H and O–H groups in total. The second-order valence-electron chi connectivity index (χ2n) is 5.68. The standard InChI is InChI=1S/C12H18N4O3/c1-6(17)8-10(18)15-9(14-8)7-3-12(16(2)4-7)5-13-11(12)19/h6-8,17H,3-5H2,1-2H3,(H,13,19)(H,14,15,18). The van der Waals surface area contributed by atoms with Gasteiger partial charge >= 0.3 is 0 Å². The van der Waals surface area contributed by atoms with Gasteiger partial charge in [0.25, 0.3) is 5.91 Å². The van der Waals surface area contributed by atoms with Gasteiger partial charge in [-0.3, -0.25) is 19.5 Å². The summed E-state index contributed by atoms with van der Waals surface area (Å²) < 4.78 is 0. The fourth-order valence-electron chi connectivity index (χ4n) is 3.13. The van der Waals surface area contributed by atoms with E-state index in [2.05, 4.69) is 15.6 Å². The number of carbonyl (C=O) groups excluding carboxylic acids is 2. The summed E-state index contributed by atoms with van der Waals surface area (Å²) in [6, 6.07) is -0.716. The van der Waals surface area contributed by atoms with Crippen molar-refractivity contribution in [1.29, 1.82) is 0 Å². The van der Waals surface area contributed by atoms with Crippen LogP contribution in [0.3, 0.4) is 0 Å². The summed E-state index contributed by atoms with van der Waals surface area (Å²) in [5.41, 5.74) is -0.430. The van der Waals surface area contributed by atoms with Crippen LogP contribution in [0, 0.1) is 5.92 Å². The Kier molecular flexibility index (Phi) is 2.65. The molecule has 2 saturated heterocycles. The lowest BCUT2D eigenvalue weighted by Crippen LogP contribution is -2.69. The molecule has 7 nitrogen and oxygen atoms in total. The molecule has 19 heavy (non-hydrogen) atoms. The van der Waals surface area contributed by atoms with Crippen LogP contribution in [-0.2, 0) is 9.59 Å². The van der Waals surface area contributed by atoms with E-state index >= 15 is 0 Å². The van der Waals surface area contributed by atoms with E-state index in [1.807, 2.05) is 11.9 Å². The number of aliphatic imine (C=N–C) groups is 1. The maximum Gasteiger partial charge on any atom is 0.252 e. The number of β-lactam (4-membered cyclic amide) rings is 1. The number of nitrogens with zero attached hydrogens (tertiary/aromatic N) is 2. The highest BCUT2D eigenvalue weighted by Crippen LogP contribution is 2.36. The van der Waals surface area contributed by atoms with Gasteiger partial charge in [0, 0.05) is 19.0 Å². The molecular formula is C12H18N4O3. The molecule has 0 aliphatic carbocycles. The molecule has 2 amide bonds. The van der Waals surface area contributed by atoms with E-state index in [0.29, 0.717) is 25.3 Å². The van der Waals surface area contributed by atoms with E-state index in [4.69, 9.17) is 0 Å². The summed E-state index contributed by atoms with van der Waals surface area (Å²) in [6.45, 7) is 2.90. The minimum Gasteiger partial charge on any atom is -0.391 e. The second kappa shape index (κ2) is 4.01. The van der Waals surface area contributed by atoms with Gasteiger partial charge in [-0.05, 0) is 20.4 Å². The van der Waals surface area contributed by atoms with Gasteiger partial charge in [0.2, 0.25) is 5.91 Å². The zero-order valence-corrected chi connectivity index (χ0v) is 11.0. The second-order valence-corrected chi connectivity index (χ2v) is 5.68. The molecule has 0 bridgehead atoms. The number of aliphatic hydroxyl groups excluding tert-OH is 1. The lowest BCUT2D eigenvalue weighted by atomic mass is 9.85. The maximum absolute atomic E-state index is 11.7. The number of likely N-dealkylation sites (tertiary alicyclic amines) is 1. The van der Waals surface area contributed by atoms with Crippen LogP contribution in [0.5, 0.6) is 0 Å². The molecule has 104 valence electrons. The monoisotopic (exact) mass is 266 g/mol. The Balaban J connectivity index is 1.77. The molecule has 3 aliphatic heterocycles. The third-order valence-electron chi connectivity index (χ3n) is 4.41. The number of amidine groups is 1. The maximum atomic E-state index is 11.7. The predicted octanol–water partition coefficient (Wildman–Crippen LogP) is -1.92. The van der Waals surface area contributed by atoms with Crippen LogP contribution >= 0.6 is 0 Å². The van der Waals surface area contributed by atoms with E-state index in [-0.39, 0.29) is 17.7 Å². The SMILES string of the molecule is CC(O)C1N=C(C2CN(C)C3(CNC3=O)C2)NC1=O. The Morgan fingerprint density at radius 1 is 1.53 bits per heavy atom. The summed E-state index contributed by atoms with van der Waals surface area (Å²) in [5, 5.41) is 15.0. The molecule has 1 spiro atoms. The minimum atomic E-state index is -0.794. The van der Waals surface area contributed by atoms with Crippen molar-refractivity contribution in [3.05, 3.63) is 0 Å². The van der Waals surface area contributed by atoms with Crippen LogP contribution in [0.1, 0.15) is 13.3 Å². The summed E-state index contributed by atoms with van der Waals surface area (Å²) in [5.74, 6) is 0.448. The lowest BCUT2D eigenvalue weighted by molar-refractivity contribution is -0.140. The average molecular weight is 266 g/mol. The third kappa shape index (κ3) is 1.68. The minimum absolute atomic E-state index is 0.0451. The molecule has 4 unspecified atom stereocenters. The molecule has 0 saturated carbocycles. The molecule has 0 aromatic rings. The first-order valence-electron chi connectivity index (χ1n) is 6.50. The van der Waals surface area contributed by atoms with Crippen LogP contribution in [0.4, 0.5) is 0 Å². The van der Waals surface area contributed by atoms with Gasteiger partial charge in [-0.1, -0.05) is 0 Å². The van der Waals surface area contributed by atoms with Crippen molar-refractivity contribution in [3.8, 4) is 0 Å². The van der Waals surface area contributed by atoms with Crippen LogP contribution in [0.15, 0.2) is 4.99 Å². The highest BCUT2D eigenvalue weighted by atomic mass is 16.3. The molecule has 0 aromatic carbocycles. The Bertz CT molecular complexity index is 476. The number of amides is 2. The molecule has 0 radical (unpaired) electrons. The van der Waals surface area contributed by atoms with Crippen molar-refractivity contribution in [1.82, 2.24) is 15.5 Å². The number of nitrogens with one attached hydrogen (secondary N) is 2. The Labute approximate surface area is 111 Å². The third-order valence-corrected chi connectivity index (χ3v) is 4.41. The number of carbonyl (C=O) groups is 2. The molecule has 0 aromatic heterocycles. The van der Waals surface area contributed by atoms with E-state index in [1.54, 1.807) is 6.92 Å². The zero-order valence-electron chi connectivity index (χ0n) is 11.0. The van der Waals surface area contributed by atoms with Gasteiger partial charge in [0.05, 0.1) is 6.10 Å².